The van der Waals surface area contributed by atoms with Crippen LogP contribution in [-0.4, -0.2) is 43.4 Å². The molecule has 5 nitrogen and oxygen atoms in total. The maximum Gasteiger partial charge on any atom is 0.191 e. The van der Waals surface area contributed by atoms with Crippen LogP contribution in [-0.2, 0) is 0 Å². The smallest absolute Gasteiger partial charge is 0.191 e. The van der Waals surface area contributed by atoms with Crippen LogP contribution in [0.4, 0.5) is 0 Å². The van der Waals surface area contributed by atoms with Crippen molar-refractivity contribution < 1.29 is 9.84 Å². The number of aliphatic imine (C=N–C) groups is 1. The summed E-state index contributed by atoms with van der Waals surface area (Å²) in [5.41, 5.74) is 1.14. The summed E-state index contributed by atoms with van der Waals surface area (Å²) in [4.78, 5) is 4.11. The second-order valence-electron chi connectivity index (χ2n) is 5.15. The van der Waals surface area contributed by atoms with Crippen LogP contribution in [0.2, 0.25) is 0 Å². The fraction of sp³-hybridized carbons (Fsp3) is 0.533. The van der Waals surface area contributed by atoms with Crippen molar-refractivity contribution >= 4 is 5.96 Å². The lowest BCUT2D eigenvalue weighted by Crippen LogP contribution is -2.43. The quantitative estimate of drug-likeness (QED) is 0.537. The molecule has 2 rings (SSSR count). The Kier molecular flexibility index (Phi) is 5.24. The van der Waals surface area contributed by atoms with Gasteiger partial charge in [0.2, 0.25) is 0 Å². The number of nitrogens with zero attached hydrogens (tertiary/aromatic N) is 1. The Morgan fingerprint density at radius 2 is 2.30 bits per heavy atom. The number of guanidine groups is 1. The summed E-state index contributed by atoms with van der Waals surface area (Å²) in [6, 6.07) is 8.34. The Morgan fingerprint density at radius 1 is 1.50 bits per heavy atom. The predicted octanol–water partition coefficient (Wildman–Crippen LogP) is 1.06. The van der Waals surface area contributed by atoms with Crippen LogP contribution in [0.1, 0.15) is 18.4 Å². The molecule has 1 aromatic carbocycles. The Balaban J connectivity index is 1.68. The van der Waals surface area contributed by atoms with Crippen molar-refractivity contribution in [1.82, 2.24) is 10.6 Å². The van der Waals surface area contributed by atoms with Gasteiger partial charge in [-0.25, -0.2) is 0 Å². The Bertz CT molecular complexity index is 458. The molecular formula is C15H23N3O2. The number of nitrogens with one attached hydrogen (secondary N) is 2. The number of benzene rings is 1. The molecular weight excluding hydrogens is 254 g/mol. The molecule has 0 saturated heterocycles. The van der Waals surface area contributed by atoms with Gasteiger partial charge in [0.25, 0.3) is 0 Å². The molecule has 3 N–H and O–H groups in total. The van der Waals surface area contributed by atoms with Crippen molar-refractivity contribution in [3.05, 3.63) is 29.8 Å². The minimum atomic E-state index is -0.576. The second-order valence-corrected chi connectivity index (χ2v) is 5.15. The average molecular weight is 277 g/mol. The minimum Gasteiger partial charge on any atom is -0.491 e. The minimum absolute atomic E-state index is 0.261. The van der Waals surface area contributed by atoms with Crippen LogP contribution in [0, 0.1) is 6.92 Å². The molecule has 5 heteroatoms. The first kappa shape index (κ1) is 14.7. The summed E-state index contributed by atoms with van der Waals surface area (Å²) in [5, 5.41) is 16.3. The largest absolute Gasteiger partial charge is 0.491 e. The van der Waals surface area contributed by atoms with Gasteiger partial charge in [-0.05, 0) is 37.5 Å². The molecule has 1 aliphatic rings. The molecule has 0 aliphatic heterocycles. The highest BCUT2D eigenvalue weighted by molar-refractivity contribution is 5.80. The number of ether oxygens (including phenoxy) is 1. The van der Waals surface area contributed by atoms with Gasteiger partial charge < -0.3 is 20.5 Å². The van der Waals surface area contributed by atoms with Gasteiger partial charge in [0.1, 0.15) is 18.5 Å². The number of rotatable bonds is 6. The molecule has 0 heterocycles. The van der Waals surface area contributed by atoms with E-state index in [0.29, 0.717) is 12.6 Å². The van der Waals surface area contributed by atoms with Crippen molar-refractivity contribution in [2.24, 2.45) is 4.99 Å². The average Bonchev–Trinajstić information content (AvgIpc) is 3.25. The zero-order valence-electron chi connectivity index (χ0n) is 12.1. The predicted molar refractivity (Wildman–Crippen MR) is 80.2 cm³/mol. The van der Waals surface area contributed by atoms with E-state index in [1.165, 1.54) is 12.8 Å². The Morgan fingerprint density at radius 3 is 2.95 bits per heavy atom. The molecule has 1 saturated carbocycles. The fourth-order valence-corrected chi connectivity index (χ4v) is 1.79. The summed E-state index contributed by atoms with van der Waals surface area (Å²) >= 11 is 0. The highest BCUT2D eigenvalue weighted by Gasteiger charge is 2.22. The topological polar surface area (TPSA) is 65.9 Å². The highest BCUT2D eigenvalue weighted by atomic mass is 16.5. The van der Waals surface area contributed by atoms with Crippen LogP contribution in [0.3, 0.4) is 0 Å². The molecule has 0 aromatic heterocycles. The number of aliphatic hydroxyl groups is 1. The molecule has 1 atom stereocenters. The Labute approximate surface area is 120 Å². The molecule has 0 bridgehead atoms. The van der Waals surface area contributed by atoms with Crippen LogP contribution in [0.25, 0.3) is 0 Å². The van der Waals surface area contributed by atoms with E-state index >= 15 is 0 Å². The van der Waals surface area contributed by atoms with E-state index in [9.17, 15) is 5.11 Å². The lowest BCUT2D eigenvalue weighted by atomic mass is 10.2. The maximum absolute atomic E-state index is 9.90. The lowest BCUT2D eigenvalue weighted by Gasteiger charge is -2.16. The summed E-state index contributed by atoms with van der Waals surface area (Å²) in [5.74, 6) is 1.52. The van der Waals surface area contributed by atoms with Crippen LogP contribution < -0.4 is 15.4 Å². The third-order valence-electron chi connectivity index (χ3n) is 3.08. The van der Waals surface area contributed by atoms with Crippen molar-refractivity contribution in [3.63, 3.8) is 0 Å². The first-order valence-electron chi connectivity index (χ1n) is 7.02. The van der Waals surface area contributed by atoms with Gasteiger partial charge in [-0.1, -0.05) is 12.1 Å². The van der Waals surface area contributed by atoms with Crippen LogP contribution in [0.15, 0.2) is 29.3 Å². The zero-order chi connectivity index (χ0) is 14.4. The van der Waals surface area contributed by atoms with E-state index in [0.717, 1.165) is 17.3 Å². The molecule has 20 heavy (non-hydrogen) atoms. The molecule has 1 fully saturated rings. The summed E-state index contributed by atoms with van der Waals surface area (Å²) < 4.78 is 5.56. The monoisotopic (exact) mass is 277 g/mol. The number of hydrogen-bond donors (Lipinski definition) is 3. The van der Waals surface area contributed by atoms with Crippen molar-refractivity contribution in [2.45, 2.75) is 31.9 Å². The number of aryl methyl sites for hydroxylation is 1. The molecule has 0 amide bonds. The lowest BCUT2D eigenvalue weighted by molar-refractivity contribution is 0.110. The molecule has 1 aliphatic carbocycles. The molecule has 1 aromatic rings. The fourth-order valence-electron chi connectivity index (χ4n) is 1.79. The van der Waals surface area contributed by atoms with Crippen molar-refractivity contribution in [2.75, 3.05) is 20.2 Å². The van der Waals surface area contributed by atoms with E-state index in [2.05, 4.69) is 15.6 Å². The number of aliphatic hydroxyl groups excluding tert-OH is 1. The Hall–Kier alpha value is -1.75. The first-order chi connectivity index (χ1) is 9.67. The third-order valence-corrected chi connectivity index (χ3v) is 3.08. The van der Waals surface area contributed by atoms with E-state index < -0.39 is 6.10 Å². The van der Waals surface area contributed by atoms with Gasteiger partial charge in [0.05, 0.1) is 0 Å². The maximum atomic E-state index is 9.90. The summed E-state index contributed by atoms with van der Waals surface area (Å²) in [6.45, 7) is 2.69. The van der Waals surface area contributed by atoms with Crippen molar-refractivity contribution in [3.8, 4) is 5.75 Å². The van der Waals surface area contributed by atoms with E-state index in [1.807, 2.05) is 31.2 Å². The van der Waals surface area contributed by atoms with Crippen LogP contribution >= 0.6 is 0 Å². The standard InChI is InChI=1S/C15H23N3O2/c1-11-4-3-5-14(8-11)20-10-13(19)9-17-15(16-2)18-12-6-7-12/h3-5,8,12-13,19H,6-7,9-10H2,1-2H3,(H2,16,17,18)/t13-/m0/s1. The van der Waals surface area contributed by atoms with E-state index in [1.54, 1.807) is 7.05 Å². The van der Waals surface area contributed by atoms with Gasteiger partial charge in [-0.2, -0.15) is 0 Å². The molecule has 110 valence electrons. The SMILES string of the molecule is CN=C(NC[C@H](O)COc1cccc(C)c1)NC1CC1. The molecule has 0 spiro atoms. The molecule has 0 unspecified atom stereocenters. The van der Waals surface area contributed by atoms with E-state index in [4.69, 9.17) is 4.74 Å². The van der Waals surface area contributed by atoms with Crippen LogP contribution in [0.5, 0.6) is 5.75 Å². The van der Waals surface area contributed by atoms with Gasteiger partial charge >= 0.3 is 0 Å². The first-order valence-corrected chi connectivity index (χ1v) is 7.02. The number of hydrogen-bond acceptors (Lipinski definition) is 3. The second kappa shape index (κ2) is 7.14. The van der Waals surface area contributed by atoms with Crippen molar-refractivity contribution in [1.29, 1.82) is 0 Å². The zero-order valence-corrected chi connectivity index (χ0v) is 12.1. The van der Waals surface area contributed by atoms with Gasteiger partial charge in [0, 0.05) is 19.6 Å². The van der Waals surface area contributed by atoms with E-state index in [-0.39, 0.29) is 6.61 Å². The third kappa shape index (κ3) is 5.09. The van der Waals surface area contributed by atoms with Gasteiger partial charge in [0.15, 0.2) is 5.96 Å². The highest BCUT2D eigenvalue weighted by Crippen LogP contribution is 2.18. The molecule has 0 radical (unpaired) electrons. The van der Waals surface area contributed by atoms with Gasteiger partial charge in [-0.3, -0.25) is 4.99 Å². The summed E-state index contributed by atoms with van der Waals surface area (Å²) in [7, 11) is 1.73. The summed E-state index contributed by atoms with van der Waals surface area (Å²) in [6.07, 6.45) is 1.81. The normalized spacial score (nSPS) is 16.6. The van der Waals surface area contributed by atoms with Gasteiger partial charge in [-0.15, -0.1) is 0 Å².